The van der Waals surface area contributed by atoms with Gasteiger partial charge in [0.1, 0.15) is 5.58 Å². The summed E-state index contributed by atoms with van der Waals surface area (Å²) in [6.07, 6.45) is 37.9. The van der Waals surface area contributed by atoms with Gasteiger partial charge in [0.2, 0.25) is 0 Å². The number of hydrogen-bond donors (Lipinski definition) is 2. The van der Waals surface area contributed by atoms with Crippen molar-refractivity contribution in [2.45, 2.75) is 133 Å². The Labute approximate surface area is 366 Å². The van der Waals surface area contributed by atoms with Crippen LogP contribution in [0.3, 0.4) is 0 Å². The summed E-state index contributed by atoms with van der Waals surface area (Å²) in [5, 5.41) is 8.95. The van der Waals surface area contributed by atoms with Crippen LogP contribution in [0.15, 0.2) is 166 Å². The zero-order valence-electron chi connectivity index (χ0n) is 39.7. The first-order valence-electron chi connectivity index (χ1n) is 22.4. The van der Waals surface area contributed by atoms with Crippen molar-refractivity contribution in [2.24, 2.45) is 10.8 Å². The van der Waals surface area contributed by atoms with E-state index < -0.39 is 0 Å². The lowest BCUT2D eigenvalue weighted by atomic mass is 9.37. The molecule has 0 radical (unpaired) electrons. The summed E-state index contributed by atoms with van der Waals surface area (Å²) in [7, 11) is 0. The van der Waals surface area contributed by atoms with Crippen molar-refractivity contribution in [3.63, 3.8) is 0 Å². The van der Waals surface area contributed by atoms with E-state index in [1.54, 1.807) is 6.08 Å². The lowest BCUT2D eigenvalue weighted by Crippen LogP contribution is -2.40. The van der Waals surface area contributed by atoms with E-state index in [1.165, 1.54) is 51.6 Å². The summed E-state index contributed by atoms with van der Waals surface area (Å²) in [6, 6.07) is 7.08. The summed E-state index contributed by atoms with van der Waals surface area (Å²) in [4.78, 5) is 0. The fraction of sp³-hybridized carbons (Fsp3) is 0.429. The minimum absolute atomic E-state index is 0.0800. The van der Waals surface area contributed by atoms with Crippen LogP contribution in [0.5, 0.6) is 0 Å². The van der Waals surface area contributed by atoms with E-state index in [9.17, 15) is 0 Å². The van der Waals surface area contributed by atoms with Crippen molar-refractivity contribution in [1.29, 1.82) is 0 Å². The molecule has 2 aliphatic carbocycles. The van der Waals surface area contributed by atoms with Gasteiger partial charge in [0.25, 0.3) is 6.71 Å². The van der Waals surface area contributed by atoms with Gasteiger partial charge in [0, 0.05) is 29.9 Å². The van der Waals surface area contributed by atoms with Gasteiger partial charge in [-0.1, -0.05) is 159 Å². The number of hydrogen-bond acceptors (Lipinski definition) is 3. The quantitative estimate of drug-likeness (QED) is 0.116. The topological polar surface area (TPSA) is 37.2 Å². The van der Waals surface area contributed by atoms with Crippen LogP contribution in [0.2, 0.25) is 0 Å². The zero-order valence-corrected chi connectivity index (χ0v) is 39.7. The molecule has 2 aliphatic rings. The number of nitrogens with one attached hydrogen (secondary N) is 2. The van der Waals surface area contributed by atoms with Crippen LogP contribution in [0, 0.1) is 10.8 Å². The minimum atomic E-state index is -0.170. The van der Waals surface area contributed by atoms with Gasteiger partial charge in [-0.25, -0.2) is 0 Å². The van der Waals surface area contributed by atoms with Crippen molar-refractivity contribution in [1.82, 2.24) is 10.6 Å². The summed E-state index contributed by atoms with van der Waals surface area (Å²) in [6.45, 7) is 38.9. The molecule has 2 aromatic rings. The standard InChI is InChI=1S/C56H77BN2O/c1-16-21-22-23-27-42(25-17-2)28-24-33-58-50(34-41(6)7)49(40-59-46(20-5)37-44-39-53(8,9)29-30-54(44,10)11)57(45(19-4)26-18-3)52-36-43-35-47-48(38-51(43)60-52)56(14,15)32-31-55(47,12)13/h16,18-28,34-39,58-59H,1,5,17,29-33,40H2,2-4,6-15H3/b22-21-,26-18-,27-23+,28-24-,42-25-,45-19+,46-37+,50-49-. The molecule has 0 spiro atoms. The maximum atomic E-state index is 7.10. The van der Waals surface area contributed by atoms with E-state index >= 15 is 0 Å². The largest absolute Gasteiger partial charge is 0.470 e. The molecule has 0 unspecified atom stereocenters. The van der Waals surface area contributed by atoms with Crippen LogP contribution in [0.4, 0.5) is 0 Å². The molecule has 1 heterocycles. The average molecular weight is 805 g/mol. The highest BCUT2D eigenvalue weighted by molar-refractivity contribution is 6.86. The Morgan fingerprint density at radius 1 is 0.817 bits per heavy atom. The second-order valence-corrected chi connectivity index (χ2v) is 19.7. The highest BCUT2D eigenvalue weighted by Crippen LogP contribution is 2.47. The normalized spacial score (nSPS) is 19.4. The number of fused-ring (bicyclic) bond motifs is 2. The van der Waals surface area contributed by atoms with Gasteiger partial charge in [-0.05, 0) is 146 Å². The lowest BCUT2D eigenvalue weighted by molar-refractivity contribution is 0.286. The van der Waals surface area contributed by atoms with Gasteiger partial charge in [-0.2, -0.15) is 0 Å². The first-order chi connectivity index (χ1) is 28.3. The number of rotatable bonds is 18. The zero-order chi connectivity index (χ0) is 44.3. The molecule has 0 amide bonds. The second-order valence-electron chi connectivity index (χ2n) is 19.7. The highest BCUT2D eigenvalue weighted by atomic mass is 16.3. The van der Waals surface area contributed by atoms with Crippen molar-refractivity contribution in [3.8, 4) is 0 Å². The minimum Gasteiger partial charge on any atom is -0.470 e. The summed E-state index contributed by atoms with van der Waals surface area (Å²) >= 11 is 0. The highest BCUT2D eigenvalue weighted by Gasteiger charge is 2.38. The smallest absolute Gasteiger partial charge is 0.287 e. The molecule has 3 nitrogen and oxygen atoms in total. The Hall–Kier alpha value is -4.70. The summed E-state index contributed by atoms with van der Waals surface area (Å²) in [5.74, 6) is 0. The Morgan fingerprint density at radius 3 is 2.12 bits per heavy atom. The maximum absolute atomic E-state index is 7.10. The molecule has 1 aromatic heterocycles. The third-order valence-corrected chi connectivity index (χ3v) is 12.5. The van der Waals surface area contributed by atoms with Crippen LogP contribution in [0.1, 0.15) is 133 Å². The van der Waals surface area contributed by atoms with Crippen molar-refractivity contribution < 1.29 is 4.42 Å². The third kappa shape index (κ3) is 12.4. The molecule has 1 aromatic carbocycles. The molecule has 0 atom stereocenters. The molecule has 0 saturated heterocycles. The molecule has 0 fully saturated rings. The first kappa shape index (κ1) is 48.0. The van der Waals surface area contributed by atoms with Crippen LogP contribution in [0.25, 0.3) is 11.0 Å². The maximum Gasteiger partial charge on any atom is 0.287 e. The van der Waals surface area contributed by atoms with Gasteiger partial charge < -0.3 is 15.1 Å². The monoisotopic (exact) mass is 805 g/mol. The Kier molecular flexibility index (Phi) is 16.6. The van der Waals surface area contributed by atoms with Gasteiger partial charge in [0.05, 0.1) is 5.66 Å². The molecular weight excluding hydrogens is 727 g/mol. The van der Waals surface area contributed by atoms with E-state index in [4.69, 9.17) is 4.42 Å². The van der Waals surface area contributed by atoms with Crippen LogP contribution < -0.4 is 16.3 Å². The average Bonchev–Trinajstić information content (AvgIpc) is 3.60. The Morgan fingerprint density at radius 2 is 1.50 bits per heavy atom. The molecule has 0 saturated carbocycles. The Bertz CT molecular complexity index is 2120. The van der Waals surface area contributed by atoms with E-state index in [2.05, 4.69) is 199 Å². The Balaban J connectivity index is 1.95. The first-order valence-corrected chi connectivity index (χ1v) is 22.4. The van der Waals surface area contributed by atoms with Gasteiger partial charge in [0.15, 0.2) is 0 Å². The van der Waals surface area contributed by atoms with Gasteiger partial charge >= 0.3 is 0 Å². The van der Waals surface area contributed by atoms with Crippen LogP contribution >= 0.6 is 0 Å². The number of allylic oxidation sites excluding steroid dienone is 18. The molecule has 0 bridgehead atoms. The lowest BCUT2D eigenvalue weighted by Gasteiger charge is -2.41. The predicted octanol–water partition coefficient (Wildman–Crippen LogP) is 14.5. The molecule has 0 aliphatic heterocycles. The van der Waals surface area contributed by atoms with Crippen LogP contribution in [-0.4, -0.2) is 19.8 Å². The number of benzene rings is 1. The molecule has 2 N–H and O–H groups in total. The van der Waals surface area contributed by atoms with Gasteiger partial charge in [-0.3, -0.25) is 0 Å². The number of furan rings is 1. The molecule has 60 heavy (non-hydrogen) atoms. The summed E-state index contributed by atoms with van der Waals surface area (Å²) < 4.78 is 7.10. The molecular formula is C56H77BN2O. The van der Waals surface area contributed by atoms with Crippen LogP contribution in [-0.2, 0) is 10.8 Å². The fourth-order valence-corrected chi connectivity index (χ4v) is 8.60. The third-order valence-electron chi connectivity index (χ3n) is 12.5. The van der Waals surface area contributed by atoms with Crippen molar-refractivity contribution >= 4 is 23.3 Å². The predicted molar refractivity (Wildman–Crippen MR) is 267 cm³/mol. The summed E-state index contributed by atoms with van der Waals surface area (Å²) in [5.41, 5.74) is 13.4. The van der Waals surface area contributed by atoms with E-state index in [1.807, 2.05) is 18.2 Å². The van der Waals surface area contributed by atoms with E-state index in [0.717, 1.165) is 47.3 Å². The SMILES string of the molecule is C=C\C=C/C=C/C(/C=C\CN/C(C=C(C)C)=C(/CN/C(C=C)=C/C1=CC(C)(C)CCC1(C)C)B(C(/C=C\C)=C/C)c1cc2cc3c(cc2o1)C(C)(C)CCC3(C)C)=C/CC. The van der Waals surface area contributed by atoms with E-state index in [-0.39, 0.29) is 28.4 Å². The fourth-order valence-electron chi connectivity index (χ4n) is 8.60. The van der Waals surface area contributed by atoms with E-state index in [0.29, 0.717) is 13.1 Å². The second kappa shape index (κ2) is 20.7. The molecule has 320 valence electrons. The van der Waals surface area contributed by atoms with Gasteiger partial charge in [-0.15, -0.1) is 0 Å². The van der Waals surface area contributed by atoms with Crippen molar-refractivity contribution in [2.75, 3.05) is 13.1 Å². The molecule has 4 heteroatoms. The molecule has 4 rings (SSSR count). The van der Waals surface area contributed by atoms with Crippen molar-refractivity contribution in [3.05, 3.63) is 173 Å².